The number of aryl methyl sites for hydroxylation is 1. The Labute approximate surface area is 221 Å². The molecule has 5 rings (SSSR count). The molecule has 0 unspecified atom stereocenters. The van der Waals surface area contributed by atoms with Gasteiger partial charge in [0.15, 0.2) is 17.6 Å². The molecule has 2 N–H and O–H groups in total. The van der Waals surface area contributed by atoms with Crippen molar-refractivity contribution in [3.8, 4) is 5.88 Å². The molecular weight excluding hydrogens is 516 g/mol. The fourth-order valence-electron chi connectivity index (χ4n) is 4.72. The number of nitrogens with zero attached hydrogens (tertiary/aromatic N) is 6. The van der Waals surface area contributed by atoms with Crippen LogP contribution < -0.4 is 10.5 Å². The number of ether oxygens (including phenoxy) is 1. The molecule has 198 valence electrons. The molecule has 2 aliphatic rings. The van der Waals surface area contributed by atoms with E-state index in [4.69, 9.17) is 14.9 Å². The summed E-state index contributed by atoms with van der Waals surface area (Å²) in [4.78, 5) is 27.1. The van der Waals surface area contributed by atoms with E-state index in [9.17, 15) is 4.79 Å². The van der Waals surface area contributed by atoms with E-state index in [1.54, 1.807) is 27.9 Å². The highest BCUT2D eigenvalue weighted by atomic mass is 32.2. The van der Waals surface area contributed by atoms with Crippen LogP contribution >= 0.6 is 11.8 Å². The number of benzene rings is 1. The third-order valence-electron chi connectivity index (χ3n) is 6.60. The number of carbonyl (C=O) groups excluding carboxylic acids is 1. The molecule has 10 nitrogen and oxygen atoms in total. The molecule has 3 atom stereocenters. The van der Waals surface area contributed by atoms with Crippen molar-refractivity contribution in [3.05, 3.63) is 65.0 Å². The molecule has 1 fully saturated rings. The van der Waals surface area contributed by atoms with Crippen LogP contribution in [0.3, 0.4) is 0 Å². The second-order valence-electron chi connectivity index (χ2n) is 9.52. The molecule has 1 aliphatic heterocycles. The van der Waals surface area contributed by atoms with Crippen LogP contribution in [-0.4, -0.2) is 55.0 Å². The molecule has 2 aromatic heterocycles. The van der Waals surface area contributed by atoms with Gasteiger partial charge in [-0.05, 0) is 37.1 Å². The van der Waals surface area contributed by atoms with E-state index in [-0.39, 0.29) is 46.6 Å². The van der Waals surface area contributed by atoms with Gasteiger partial charge in [-0.25, -0.2) is 18.7 Å². The second kappa shape index (κ2) is 9.46. The van der Waals surface area contributed by atoms with Crippen LogP contribution in [0.5, 0.6) is 5.88 Å². The molecule has 0 spiro atoms. The van der Waals surface area contributed by atoms with Gasteiger partial charge in [0.25, 0.3) is 5.89 Å². The highest BCUT2D eigenvalue weighted by Gasteiger charge is 2.71. The van der Waals surface area contributed by atoms with Crippen LogP contribution in [0.1, 0.15) is 41.9 Å². The van der Waals surface area contributed by atoms with Crippen LogP contribution in [0, 0.1) is 18.7 Å². The van der Waals surface area contributed by atoms with E-state index in [2.05, 4.69) is 25.2 Å². The Kier molecular flexibility index (Phi) is 6.41. The molecule has 3 aromatic rings. The Morgan fingerprint density at radius 1 is 1.32 bits per heavy atom. The number of fused-ring (bicyclic) bond motifs is 1. The van der Waals surface area contributed by atoms with Crippen LogP contribution in [0.2, 0.25) is 0 Å². The number of halogens is 2. The number of hydrogen-bond donors (Lipinski definition) is 1. The lowest BCUT2D eigenvalue weighted by atomic mass is 9.84. The molecular formula is C25H25F2N7O3S. The summed E-state index contributed by atoms with van der Waals surface area (Å²) in [7, 11) is 3.36. The zero-order chi connectivity index (χ0) is 27.2. The molecule has 0 radical (unpaired) electrons. The minimum Gasteiger partial charge on any atom is -0.466 e. The minimum absolute atomic E-state index is 0.00175. The quantitative estimate of drug-likeness (QED) is 0.477. The van der Waals surface area contributed by atoms with E-state index in [1.807, 2.05) is 0 Å². The van der Waals surface area contributed by atoms with Crippen molar-refractivity contribution in [1.29, 1.82) is 0 Å². The largest absolute Gasteiger partial charge is 0.466 e. The molecule has 38 heavy (non-hydrogen) atoms. The average Bonchev–Trinajstić information content (AvgIpc) is 3.49. The number of amides is 1. The van der Waals surface area contributed by atoms with Crippen LogP contribution in [-0.2, 0) is 16.9 Å². The van der Waals surface area contributed by atoms with E-state index in [0.29, 0.717) is 17.9 Å². The van der Waals surface area contributed by atoms with Gasteiger partial charge >= 0.3 is 0 Å². The Morgan fingerprint density at radius 2 is 2.11 bits per heavy atom. The summed E-state index contributed by atoms with van der Waals surface area (Å²) in [6.07, 6.45) is 4.24. The SMILES string of the molecule is Cc1nnc(COc2cnc(/C(F)=C/c3ccc(F)c([C@@]4(C)N=C(N)S[C@@]5(C(=O)N(C)C)C[C@H]54)c3)cn2)o1. The van der Waals surface area contributed by atoms with E-state index >= 15 is 8.78 Å². The van der Waals surface area contributed by atoms with E-state index < -0.39 is 21.9 Å². The molecule has 3 heterocycles. The van der Waals surface area contributed by atoms with E-state index in [0.717, 1.165) is 0 Å². The first-order valence-electron chi connectivity index (χ1n) is 11.7. The van der Waals surface area contributed by atoms with Crippen molar-refractivity contribution in [3.63, 3.8) is 0 Å². The summed E-state index contributed by atoms with van der Waals surface area (Å²) >= 11 is 1.22. The molecule has 0 saturated heterocycles. The smallest absolute Gasteiger partial charge is 0.253 e. The lowest BCUT2D eigenvalue weighted by Gasteiger charge is -2.34. The third kappa shape index (κ3) is 4.62. The number of thioether (sulfide) groups is 1. The Hall–Kier alpha value is -3.87. The summed E-state index contributed by atoms with van der Waals surface area (Å²) in [6, 6.07) is 4.24. The summed E-state index contributed by atoms with van der Waals surface area (Å²) in [5, 5.41) is 7.74. The third-order valence-corrected chi connectivity index (χ3v) is 7.89. The molecule has 1 amide bonds. The van der Waals surface area contributed by atoms with Crippen molar-refractivity contribution in [2.75, 3.05) is 14.1 Å². The first-order valence-corrected chi connectivity index (χ1v) is 12.5. The maximum absolute atomic E-state index is 15.1. The maximum atomic E-state index is 15.1. The van der Waals surface area contributed by atoms with Crippen molar-refractivity contribution < 1.29 is 22.7 Å². The van der Waals surface area contributed by atoms with Crippen LogP contribution in [0.25, 0.3) is 11.9 Å². The van der Waals surface area contributed by atoms with Gasteiger partial charge in [-0.2, -0.15) is 0 Å². The zero-order valence-corrected chi connectivity index (χ0v) is 21.9. The van der Waals surface area contributed by atoms with Gasteiger partial charge in [0.05, 0.1) is 17.9 Å². The molecule has 1 aliphatic carbocycles. The standard InChI is InChI=1S/C25H25F2N7O3S/c1-13-32-33-21(37-13)12-36-20-11-29-18(10-30-20)17(27)8-14-5-6-16(26)15(7-14)24(2)19-9-25(19,22(35)34(3)4)38-23(28)31-24/h5-8,10-11,19H,9,12H2,1-4H3,(H2,28,31)/b17-8-/t19-,24+,25-/m0/s1. The van der Waals surface area contributed by atoms with E-state index in [1.165, 1.54) is 53.3 Å². The van der Waals surface area contributed by atoms with Gasteiger partial charge < -0.3 is 19.8 Å². The molecule has 1 saturated carbocycles. The van der Waals surface area contributed by atoms with Gasteiger partial charge in [0, 0.05) is 32.5 Å². The highest BCUT2D eigenvalue weighted by Crippen LogP contribution is 2.66. The normalized spacial score (nSPS) is 24.4. The molecule has 0 bridgehead atoms. The number of hydrogen-bond acceptors (Lipinski definition) is 10. The number of aliphatic imine (C=N–C) groups is 1. The fraction of sp³-hybridized carbons (Fsp3) is 0.360. The predicted molar refractivity (Wildman–Crippen MR) is 137 cm³/mol. The number of rotatable bonds is 7. The Balaban J connectivity index is 1.37. The lowest BCUT2D eigenvalue weighted by Crippen LogP contribution is -2.43. The van der Waals surface area contributed by atoms with Crippen molar-refractivity contribution >= 4 is 34.7 Å². The minimum atomic E-state index is -1.08. The molecule has 13 heteroatoms. The lowest BCUT2D eigenvalue weighted by molar-refractivity contribution is -0.129. The van der Waals surface area contributed by atoms with Gasteiger partial charge in [0.2, 0.25) is 17.7 Å². The summed E-state index contributed by atoms with van der Waals surface area (Å²) < 4.78 is 40.1. The summed E-state index contributed by atoms with van der Waals surface area (Å²) in [6.45, 7) is 3.42. The van der Waals surface area contributed by atoms with Crippen molar-refractivity contribution in [1.82, 2.24) is 25.1 Å². The molecule has 1 aromatic carbocycles. The second-order valence-corrected chi connectivity index (χ2v) is 10.9. The topological polar surface area (TPSA) is 133 Å². The first kappa shape index (κ1) is 25.8. The van der Waals surface area contributed by atoms with Gasteiger partial charge in [-0.15, -0.1) is 10.2 Å². The zero-order valence-electron chi connectivity index (χ0n) is 21.1. The summed E-state index contributed by atoms with van der Waals surface area (Å²) in [5.41, 5.74) is 5.64. The maximum Gasteiger partial charge on any atom is 0.253 e. The number of amidine groups is 1. The fourth-order valence-corrected chi connectivity index (χ4v) is 6.22. The monoisotopic (exact) mass is 541 g/mol. The van der Waals surface area contributed by atoms with Crippen molar-refractivity contribution in [2.24, 2.45) is 16.6 Å². The van der Waals surface area contributed by atoms with Crippen molar-refractivity contribution in [2.45, 2.75) is 37.2 Å². The number of carbonyl (C=O) groups is 1. The van der Waals surface area contributed by atoms with Gasteiger partial charge in [0.1, 0.15) is 16.3 Å². The van der Waals surface area contributed by atoms with Gasteiger partial charge in [-0.1, -0.05) is 17.8 Å². The van der Waals surface area contributed by atoms with Gasteiger partial charge in [-0.3, -0.25) is 9.79 Å². The first-order chi connectivity index (χ1) is 18.0. The number of aromatic nitrogens is 4. The Morgan fingerprint density at radius 3 is 2.76 bits per heavy atom. The van der Waals surface area contributed by atoms with Crippen LogP contribution in [0.15, 0.2) is 40.0 Å². The average molecular weight is 542 g/mol. The summed E-state index contributed by atoms with van der Waals surface area (Å²) in [5.74, 6) is -0.689. The number of nitrogens with two attached hydrogens (primary N) is 1. The highest BCUT2D eigenvalue weighted by molar-refractivity contribution is 8.15. The predicted octanol–water partition coefficient (Wildman–Crippen LogP) is 3.48. The van der Waals surface area contributed by atoms with Crippen LogP contribution in [0.4, 0.5) is 8.78 Å². The Bertz CT molecular complexity index is 1460.